The highest BCUT2D eigenvalue weighted by Gasteiger charge is 2.36. The first-order valence-electron chi connectivity index (χ1n) is 14.0. The van der Waals surface area contributed by atoms with Crippen LogP contribution in [0.25, 0.3) is 15.2 Å². The van der Waals surface area contributed by atoms with E-state index in [2.05, 4.69) is 15.5 Å². The third-order valence-corrected chi connectivity index (χ3v) is 8.47. The number of thiophene rings is 1. The predicted molar refractivity (Wildman–Crippen MR) is 162 cm³/mol. The second-order valence-electron chi connectivity index (χ2n) is 11.1. The molecule has 3 aromatic heterocycles. The topological polar surface area (TPSA) is 163 Å². The van der Waals surface area contributed by atoms with Gasteiger partial charge in [-0.05, 0) is 59.2 Å². The number of carbonyl (C=O) groups excluding carboxylic acids is 1. The molecule has 1 unspecified atom stereocenters. The number of benzene rings is 1. The molecule has 238 valence electrons. The Morgan fingerprint density at radius 2 is 1.89 bits per heavy atom. The molecule has 0 fully saturated rings. The molecule has 0 bridgehead atoms. The van der Waals surface area contributed by atoms with Gasteiger partial charge in [0.25, 0.3) is 5.56 Å². The van der Waals surface area contributed by atoms with Gasteiger partial charge < -0.3 is 25.0 Å². The van der Waals surface area contributed by atoms with Gasteiger partial charge in [-0.15, -0.1) is 4.80 Å². The zero-order valence-electron chi connectivity index (χ0n) is 25.4. The average Bonchev–Trinajstić information content (AvgIpc) is 3.61. The molecular formula is C29H37FN6O7S. The number of nitrogens with zero attached hydrogens (tertiary/aromatic N) is 5. The van der Waals surface area contributed by atoms with Crippen LogP contribution in [0.15, 0.2) is 40.2 Å². The van der Waals surface area contributed by atoms with E-state index in [1.807, 2.05) is 0 Å². The number of aliphatic hydroxyl groups is 2. The summed E-state index contributed by atoms with van der Waals surface area (Å²) in [5.41, 5.74) is -2.27. The number of ether oxygens (including phenoxy) is 2. The van der Waals surface area contributed by atoms with Crippen LogP contribution in [0.1, 0.15) is 51.3 Å². The summed E-state index contributed by atoms with van der Waals surface area (Å²) < 4.78 is 28.4. The van der Waals surface area contributed by atoms with Crippen molar-refractivity contribution < 1.29 is 28.9 Å². The lowest BCUT2D eigenvalue weighted by molar-refractivity contribution is -0.129. The van der Waals surface area contributed by atoms with Crippen LogP contribution in [0.4, 0.5) is 4.39 Å². The minimum atomic E-state index is -1.61. The van der Waals surface area contributed by atoms with Gasteiger partial charge in [0.05, 0.1) is 50.8 Å². The van der Waals surface area contributed by atoms with Crippen LogP contribution >= 0.6 is 11.3 Å². The molecule has 4 rings (SSSR count). The van der Waals surface area contributed by atoms with Crippen molar-refractivity contribution in [3.8, 4) is 10.8 Å². The zero-order valence-corrected chi connectivity index (χ0v) is 26.2. The van der Waals surface area contributed by atoms with E-state index < -0.39 is 47.3 Å². The van der Waals surface area contributed by atoms with E-state index in [-0.39, 0.29) is 47.1 Å². The largest absolute Gasteiger partial charge is 0.496 e. The Hall–Kier alpha value is -3.92. The Morgan fingerprint density at radius 1 is 1.20 bits per heavy atom. The molecule has 0 aliphatic heterocycles. The molecule has 44 heavy (non-hydrogen) atoms. The van der Waals surface area contributed by atoms with E-state index in [4.69, 9.17) is 9.47 Å². The third-order valence-electron chi connectivity index (χ3n) is 7.19. The molecule has 15 heteroatoms. The Labute approximate surface area is 256 Å². The quantitative estimate of drug-likeness (QED) is 0.200. The summed E-state index contributed by atoms with van der Waals surface area (Å²) >= 11 is 1.11. The Morgan fingerprint density at radius 3 is 2.50 bits per heavy atom. The van der Waals surface area contributed by atoms with Crippen LogP contribution in [0.2, 0.25) is 0 Å². The number of aliphatic hydroxyl groups excluding tert-OH is 2. The summed E-state index contributed by atoms with van der Waals surface area (Å²) in [5, 5.41) is 31.0. The first kappa shape index (κ1) is 33.0. The lowest BCUT2D eigenvalue weighted by Gasteiger charge is -2.28. The number of hydrogen-bond donors (Lipinski definition) is 3. The second kappa shape index (κ2) is 13.4. The van der Waals surface area contributed by atoms with E-state index in [0.29, 0.717) is 10.6 Å². The van der Waals surface area contributed by atoms with Crippen LogP contribution in [0.3, 0.4) is 0 Å². The fraction of sp³-hybridized carbons (Fsp3) is 0.483. The Kier molecular flexibility index (Phi) is 10.0. The van der Waals surface area contributed by atoms with E-state index in [1.54, 1.807) is 20.8 Å². The Bertz CT molecular complexity index is 1750. The number of carbonyl (C=O) groups is 1. The van der Waals surface area contributed by atoms with Crippen molar-refractivity contribution in [2.45, 2.75) is 71.4 Å². The van der Waals surface area contributed by atoms with Crippen molar-refractivity contribution in [2.24, 2.45) is 0 Å². The molecule has 0 spiro atoms. The van der Waals surface area contributed by atoms with E-state index in [1.165, 1.54) is 60.9 Å². The summed E-state index contributed by atoms with van der Waals surface area (Å²) in [4.78, 5) is 43.4. The van der Waals surface area contributed by atoms with Crippen molar-refractivity contribution in [3.05, 3.63) is 68.4 Å². The van der Waals surface area contributed by atoms with Crippen molar-refractivity contribution in [2.75, 3.05) is 20.3 Å². The van der Waals surface area contributed by atoms with E-state index in [0.717, 1.165) is 15.9 Å². The molecule has 1 aromatic carbocycles. The maximum Gasteiger partial charge on any atom is 0.333 e. The molecule has 0 aliphatic carbocycles. The molecular weight excluding hydrogens is 595 g/mol. The first-order chi connectivity index (χ1) is 20.8. The monoisotopic (exact) mass is 632 g/mol. The molecule has 1 amide bonds. The molecule has 4 aromatic rings. The summed E-state index contributed by atoms with van der Waals surface area (Å²) in [6.45, 7) is 7.46. The molecule has 0 radical (unpaired) electrons. The Balaban J connectivity index is 1.99. The van der Waals surface area contributed by atoms with Crippen LogP contribution in [0.5, 0.6) is 5.75 Å². The maximum atomic E-state index is 14.5. The van der Waals surface area contributed by atoms with Crippen molar-refractivity contribution in [3.63, 3.8) is 0 Å². The van der Waals surface area contributed by atoms with Gasteiger partial charge in [0.15, 0.2) is 0 Å². The lowest BCUT2D eigenvalue weighted by Crippen LogP contribution is -2.56. The number of aryl methyl sites for hydroxylation is 1. The molecule has 3 N–H and O–H groups in total. The number of hydrogen-bond acceptors (Lipinski definition) is 10. The molecule has 2 atom stereocenters. The summed E-state index contributed by atoms with van der Waals surface area (Å²) in [6.07, 6.45) is 0.958. The number of nitrogens with one attached hydrogen (secondary N) is 1. The van der Waals surface area contributed by atoms with Gasteiger partial charge in [0.1, 0.15) is 33.0 Å². The number of halogens is 1. The molecule has 13 nitrogen and oxygen atoms in total. The number of rotatable bonds is 13. The van der Waals surface area contributed by atoms with Crippen LogP contribution in [-0.4, -0.2) is 72.7 Å². The van der Waals surface area contributed by atoms with Crippen molar-refractivity contribution in [1.82, 2.24) is 29.4 Å². The second-order valence-corrected chi connectivity index (χ2v) is 12.1. The first-order valence-corrected chi connectivity index (χ1v) is 14.8. The van der Waals surface area contributed by atoms with Crippen molar-refractivity contribution in [1.29, 1.82) is 0 Å². The molecule has 0 saturated heterocycles. The number of amides is 1. The fourth-order valence-electron chi connectivity index (χ4n) is 4.84. The smallest absolute Gasteiger partial charge is 0.333 e. The van der Waals surface area contributed by atoms with Crippen LogP contribution in [0, 0.1) is 12.7 Å². The van der Waals surface area contributed by atoms with Crippen LogP contribution in [-0.2, 0) is 21.6 Å². The number of fused-ring (bicyclic) bond motifs is 1. The van der Waals surface area contributed by atoms with Gasteiger partial charge in [0.2, 0.25) is 5.91 Å². The average molecular weight is 633 g/mol. The molecule has 3 heterocycles. The minimum Gasteiger partial charge on any atom is -0.496 e. The number of methoxy groups -OCH3 is 1. The standard InChI is InChI=1S/C29H37FN6O7S/c1-16(2)33-27(40)29(4,5)35-24(39)23-17(3)25(36-31-10-11-32-36)44-26(23)34(28(35)41)14-22(43-12-9-19(38)15-37)20-13-18(30)7-8-21(20)42-6/h7-8,10-11,13,16,19,22,37-38H,9,12,14-15H2,1-6H3,(H,33,40)/t19?,22-/m0/s1. The lowest BCUT2D eigenvalue weighted by atomic mass is 10.0. The SMILES string of the molecule is COc1ccc(F)cc1[C@H](Cn1c(=O)n(C(C)(C)C(=O)NC(C)C)c(=O)c2c(C)c(-n3nccn3)sc21)OCCC(O)CO. The van der Waals surface area contributed by atoms with Gasteiger partial charge in [-0.25, -0.2) is 13.8 Å². The fourth-order valence-corrected chi connectivity index (χ4v) is 6.06. The van der Waals surface area contributed by atoms with Gasteiger partial charge in [-0.2, -0.15) is 10.2 Å². The summed E-state index contributed by atoms with van der Waals surface area (Å²) in [5.74, 6) is -0.813. The zero-order chi connectivity index (χ0) is 32.3. The minimum absolute atomic E-state index is 0.0577. The van der Waals surface area contributed by atoms with Crippen LogP contribution < -0.4 is 21.3 Å². The van der Waals surface area contributed by atoms with E-state index in [9.17, 15) is 29.0 Å². The van der Waals surface area contributed by atoms with E-state index >= 15 is 0 Å². The maximum absolute atomic E-state index is 14.5. The summed E-state index contributed by atoms with van der Waals surface area (Å²) in [7, 11) is 1.41. The van der Waals surface area contributed by atoms with Gasteiger partial charge >= 0.3 is 5.69 Å². The molecule has 0 saturated carbocycles. The highest BCUT2D eigenvalue weighted by Crippen LogP contribution is 2.34. The normalized spacial score (nSPS) is 13.4. The van der Waals surface area contributed by atoms with Crippen molar-refractivity contribution >= 4 is 27.5 Å². The molecule has 0 aliphatic rings. The third kappa shape index (κ3) is 6.45. The summed E-state index contributed by atoms with van der Waals surface area (Å²) in [6, 6.07) is 3.62. The highest BCUT2D eigenvalue weighted by molar-refractivity contribution is 7.21. The van der Waals surface area contributed by atoms with Gasteiger partial charge in [-0.3, -0.25) is 14.2 Å². The predicted octanol–water partition coefficient (Wildman–Crippen LogP) is 2.02. The van der Waals surface area contributed by atoms with Gasteiger partial charge in [0, 0.05) is 17.2 Å². The van der Waals surface area contributed by atoms with Gasteiger partial charge in [-0.1, -0.05) is 11.3 Å². The number of aromatic nitrogens is 5. The highest BCUT2D eigenvalue weighted by atomic mass is 32.1.